The zero-order valence-corrected chi connectivity index (χ0v) is 14.3. The number of fused-ring (bicyclic) bond motifs is 1. The lowest BCUT2D eigenvalue weighted by atomic mass is 10.1. The first-order valence-corrected chi connectivity index (χ1v) is 8.63. The van der Waals surface area contributed by atoms with Crippen molar-refractivity contribution in [3.63, 3.8) is 0 Å². The van der Waals surface area contributed by atoms with Crippen LogP contribution < -0.4 is 10.2 Å². The highest BCUT2D eigenvalue weighted by molar-refractivity contribution is 6.30. The molecule has 25 heavy (non-hydrogen) atoms. The molecule has 1 aliphatic rings. The van der Waals surface area contributed by atoms with E-state index in [9.17, 15) is 4.79 Å². The van der Waals surface area contributed by atoms with Gasteiger partial charge in [-0.3, -0.25) is 4.79 Å². The van der Waals surface area contributed by atoms with E-state index in [4.69, 9.17) is 11.6 Å². The minimum Gasteiger partial charge on any atom is -0.344 e. The fourth-order valence-electron chi connectivity index (χ4n) is 3.30. The number of nitrogens with zero attached hydrogens (tertiary/aromatic N) is 3. The van der Waals surface area contributed by atoms with E-state index in [1.165, 1.54) is 0 Å². The average molecular weight is 353 g/mol. The summed E-state index contributed by atoms with van der Waals surface area (Å²) in [5.41, 5.74) is 1.59. The lowest BCUT2D eigenvalue weighted by Crippen LogP contribution is -2.40. The SMILES string of the molecule is O=C(Nc1cccc(Cl)c1)[C@@H]1CCCN1c1ncnc2ccccc12. The molecule has 1 saturated heterocycles. The quantitative estimate of drug-likeness (QED) is 0.777. The number of benzene rings is 2. The number of hydrogen-bond donors (Lipinski definition) is 1. The summed E-state index contributed by atoms with van der Waals surface area (Å²) in [7, 11) is 0. The first kappa shape index (κ1) is 15.8. The summed E-state index contributed by atoms with van der Waals surface area (Å²) in [5, 5.41) is 4.53. The highest BCUT2D eigenvalue weighted by Gasteiger charge is 2.32. The van der Waals surface area contributed by atoms with Gasteiger partial charge in [-0.1, -0.05) is 29.8 Å². The largest absolute Gasteiger partial charge is 0.344 e. The van der Waals surface area contributed by atoms with Crippen LogP contribution in [0, 0.1) is 0 Å². The van der Waals surface area contributed by atoms with E-state index < -0.39 is 0 Å². The van der Waals surface area contributed by atoms with E-state index in [1.807, 2.05) is 36.4 Å². The van der Waals surface area contributed by atoms with Crippen molar-refractivity contribution >= 4 is 39.9 Å². The molecule has 3 aromatic rings. The molecule has 0 saturated carbocycles. The van der Waals surface area contributed by atoms with Crippen LogP contribution in [0.4, 0.5) is 11.5 Å². The number of halogens is 1. The highest BCUT2D eigenvalue weighted by atomic mass is 35.5. The molecule has 1 atom stereocenters. The number of rotatable bonds is 3. The molecule has 0 unspecified atom stereocenters. The number of aromatic nitrogens is 2. The number of amides is 1. The first-order valence-electron chi connectivity index (χ1n) is 8.25. The number of hydrogen-bond acceptors (Lipinski definition) is 4. The summed E-state index contributed by atoms with van der Waals surface area (Å²) in [4.78, 5) is 23.6. The maximum absolute atomic E-state index is 12.8. The summed E-state index contributed by atoms with van der Waals surface area (Å²) in [5.74, 6) is 0.775. The van der Waals surface area contributed by atoms with Crippen LogP contribution in [-0.2, 0) is 4.79 Å². The van der Waals surface area contributed by atoms with Crippen molar-refractivity contribution in [1.82, 2.24) is 9.97 Å². The predicted molar refractivity (Wildman–Crippen MR) is 100.0 cm³/mol. The minimum atomic E-state index is -0.253. The van der Waals surface area contributed by atoms with E-state index in [1.54, 1.807) is 18.5 Å². The Hall–Kier alpha value is -2.66. The first-order chi connectivity index (χ1) is 12.2. The Morgan fingerprint density at radius 2 is 2.04 bits per heavy atom. The van der Waals surface area contributed by atoms with Gasteiger partial charge in [0.05, 0.1) is 5.52 Å². The number of para-hydroxylation sites is 1. The van der Waals surface area contributed by atoms with Crippen LogP contribution in [0.15, 0.2) is 54.9 Å². The lowest BCUT2D eigenvalue weighted by Gasteiger charge is -2.25. The number of nitrogens with one attached hydrogen (secondary N) is 1. The van der Waals surface area contributed by atoms with Gasteiger partial charge in [0, 0.05) is 22.6 Å². The van der Waals surface area contributed by atoms with Crippen molar-refractivity contribution in [2.75, 3.05) is 16.8 Å². The molecule has 4 rings (SSSR count). The van der Waals surface area contributed by atoms with Gasteiger partial charge in [0.25, 0.3) is 0 Å². The van der Waals surface area contributed by atoms with Crippen LogP contribution in [0.25, 0.3) is 10.9 Å². The molecule has 126 valence electrons. The Balaban J connectivity index is 1.62. The van der Waals surface area contributed by atoms with Gasteiger partial charge >= 0.3 is 0 Å². The van der Waals surface area contributed by atoms with Crippen molar-refractivity contribution in [3.8, 4) is 0 Å². The minimum absolute atomic E-state index is 0.0394. The van der Waals surface area contributed by atoms with Crippen molar-refractivity contribution < 1.29 is 4.79 Å². The molecule has 0 bridgehead atoms. The molecule has 0 aliphatic carbocycles. The fraction of sp³-hybridized carbons (Fsp3) is 0.211. The number of carbonyl (C=O) groups excluding carboxylic acids is 1. The standard InChI is InChI=1S/C19H17ClN4O/c20-13-5-3-6-14(11-13)23-19(25)17-9-4-10-24(17)18-15-7-1-2-8-16(15)21-12-22-18/h1-3,5-8,11-12,17H,4,9-10H2,(H,23,25)/t17-/m0/s1. The zero-order chi connectivity index (χ0) is 17.2. The van der Waals surface area contributed by atoms with Gasteiger partial charge in [-0.15, -0.1) is 0 Å². The molecular weight excluding hydrogens is 336 g/mol. The van der Waals surface area contributed by atoms with E-state index in [2.05, 4.69) is 20.2 Å². The van der Waals surface area contributed by atoms with E-state index in [0.29, 0.717) is 10.7 Å². The summed E-state index contributed by atoms with van der Waals surface area (Å²) in [6, 6.07) is 14.8. The van der Waals surface area contributed by atoms with Crippen LogP contribution in [0.1, 0.15) is 12.8 Å². The Morgan fingerprint density at radius 1 is 1.16 bits per heavy atom. The third kappa shape index (κ3) is 3.15. The Kier molecular flexibility index (Phi) is 4.24. The molecule has 2 heterocycles. The molecule has 6 heteroatoms. The van der Waals surface area contributed by atoms with Gasteiger partial charge < -0.3 is 10.2 Å². The van der Waals surface area contributed by atoms with Gasteiger partial charge in [0.2, 0.25) is 5.91 Å². The molecular formula is C19H17ClN4O. The van der Waals surface area contributed by atoms with Crippen LogP contribution in [0.2, 0.25) is 5.02 Å². The van der Waals surface area contributed by atoms with Crippen LogP contribution in [-0.4, -0.2) is 28.5 Å². The fourth-order valence-corrected chi connectivity index (χ4v) is 3.49. The van der Waals surface area contributed by atoms with Crippen LogP contribution >= 0.6 is 11.6 Å². The van der Waals surface area contributed by atoms with Gasteiger partial charge in [-0.05, 0) is 43.2 Å². The molecule has 2 aromatic carbocycles. The van der Waals surface area contributed by atoms with Gasteiger partial charge in [-0.25, -0.2) is 9.97 Å². The molecule has 0 radical (unpaired) electrons. The molecule has 1 amide bonds. The lowest BCUT2D eigenvalue weighted by molar-refractivity contribution is -0.117. The molecule has 1 aliphatic heterocycles. The maximum Gasteiger partial charge on any atom is 0.247 e. The smallest absolute Gasteiger partial charge is 0.247 e. The topological polar surface area (TPSA) is 58.1 Å². The van der Waals surface area contributed by atoms with Gasteiger partial charge in [-0.2, -0.15) is 0 Å². The van der Waals surface area contributed by atoms with Gasteiger partial charge in [0.1, 0.15) is 18.2 Å². The Bertz CT molecular complexity index is 925. The third-order valence-electron chi connectivity index (χ3n) is 4.44. The summed E-state index contributed by atoms with van der Waals surface area (Å²) in [6.07, 6.45) is 3.30. The van der Waals surface area contributed by atoms with Gasteiger partial charge in [0.15, 0.2) is 0 Å². The number of carbonyl (C=O) groups is 1. The predicted octanol–water partition coefficient (Wildman–Crippen LogP) is 3.89. The summed E-state index contributed by atoms with van der Waals surface area (Å²) >= 11 is 6.00. The second kappa shape index (κ2) is 6.69. The average Bonchev–Trinajstić information content (AvgIpc) is 3.11. The Labute approximate surface area is 150 Å². The molecule has 5 nitrogen and oxygen atoms in total. The van der Waals surface area contributed by atoms with Crippen molar-refractivity contribution in [2.45, 2.75) is 18.9 Å². The second-order valence-corrected chi connectivity index (χ2v) is 6.50. The molecule has 1 fully saturated rings. The van der Waals surface area contributed by atoms with E-state index >= 15 is 0 Å². The van der Waals surface area contributed by atoms with Crippen molar-refractivity contribution in [3.05, 3.63) is 59.9 Å². The highest BCUT2D eigenvalue weighted by Crippen LogP contribution is 2.30. The second-order valence-electron chi connectivity index (χ2n) is 6.07. The van der Waals surface area contributed by atoms with E-state index in [-0.39, 0.29) is 11.9 Å². The normalized spacial score (nSPS) is 17.0. The molecule has 1 N–H and O–H groups in total. The monoisotopic (exact) mass is 352 g/mol. The number of anilines is 2. The van der Waals surface area contributed by atoms with Crippen molar-refractivity contribution in [1.29, 1.82) is 0 Å². The maximum atomic E-state index is 12.8. The van der Waals surface area contributed by atoms with Crippen LogP contribution in [0.3, 0.4) is 0 Å². The summed E-state index contributed by atoms with van der Waals surface area (Å²) in [6.45, 7) is 0.800. The summed E-state index contributed by atoms with van der Waals surface area (Å²) < 4.78 is 0. The molecule has 0 spiro atoms. The third-order valence-corrected chi connectivity index (χ3v) is 4.68. The van der Waals surface area contributed by atoms with Crippen molar-refractivity contribution in [2.24, 2.45) is 0 Å². The van der Waals surface area contributed by atoms with Crippen LogP contribution in [0.5, 0.6) is 0 Å². The molecule has 1 aromatic heterocycles. The van der Waals surface area contributed by atoms with E-state index in [0.717, 1.165) is 36.1 Å². The Morgan fingerprint density at radius 3 is 2.92 bits per heavy atom. The zero-order valence-electron chi connectivity index (χ0n) is 13.5.